The van der Waals surface area contributed by atoms with Crippen LogP contribution >= 0.6 is 0 Å². The smallest absolute Gasteiger partial charge is 0.407 e. The first kappa shape index (κ1) is 33.4. The molecule has 234 valence electrons. The molecule has 5 amide bonds. The molecule has 2 N–H and O–H groups in total. The van der Waals surface area contributed by atoms with E-state index in [4.69, 9.17) is 15.9 Å². The summed E-state index contributed by atoms with van der Waals surface area (Å²) in [7, 11) is 0. The number of hydrogen-bond donors (Lipinski definition) is 2. The van der Waals surface area contributed by atoms with E-state index in [1.54, 1.807) is 9.91 Å². The summed E-state index contributed by atoms with van der Waals surface area (Å²) in [6, 6.07) is 8.28. The fourth-order valence-corrected chi connectivity index (χ4v) is 5.15. The molecule has 2 aliphatic heterocycles. The molecule has 2 heterocycles. The van der Waals surface area contributed by atoms with Crippen LogP contribution in [0.25, 0.3) is 0 Å². The molecule has 1 aromatic carbocycles. The van der Waals surface area contributed by atoms with Crippen molar-refractivity contribution in [2.24, 2.45) is 0 Å². The minimum atomic E-state index is -0.810. The summed E-state index contributed by atoms with van der Waals surface area (Å²) in [5.74, 6) is 2.07. The second-order valence-electron chi connectivity index (χ2n) is 10.4. The molecule has 0 aromatic heterocycles. The number of carbonyl (C=O) groups excluding carboxylic acids is 4. The predicted molar refractivity (Wildman–Crippen MR) is 161 cm³/mol. The average molecular weight is 597 g/mol. The van der Waals surface area contributed by atoms with Gasteiger partial charge in [-0.1, -0.05) is 62.3 Å². The lowest BCUT2D eigenvalue weighted by Crippen LogP contribution is -2.76. The highest BCUT2D eigenvalue weighted by molar-refractivity contribution is 5.91. The van der Waals surface area contributed by atoms with Crippen LogP contribution in [0, 0.1) is 12.3 Å². The van der Waals surface area contributed by atoms with E-state index in [2.05, 4.69) is 30.1 Å². The van der Waals surface area contributed by atoms with E-state index in [9.17, 15) is 19.2 Å². The van der Waals surface area contributed by atoms with Gasteiger partial charge in [0.1, 0.15) is 18.8 Å². The van der Waals surface area contributed by atoms with Crippen LogP contribution in [-0.4, -0.2) is 109 Å². The number of ether oxygens (including phenoxy) is 2. The molecule has 0 aliphatic carbocycles. The first-order valence-electron chi connectivity index (χ1n) is 14.9. The molecule has 2 aliphatic rings. The molecular formula is C31H44N6O6. The van der Waals surface area contributed by atoms with Gasteiger partial charge in [-0.3, -0.25) is 9.59 Å². The Morgan fingerprint density at radius 1 is 1.14 bits per heavy atom. The number of rotatable bonds is 16. The summed E-state index contributed by atoms with van der Waals surface area (Å²) < 4.78 is 10.6. The molecule has 2 atom stereocenters. The van der Waals surface area contributed by atoms with Crippen molar-refractivity contribution in [3.8, 4) is 12.3 Å². The Morgan fingerprint density at radius 2 is 1.91 bits per heavy atom. The Hall–Kier alpha value is -4.08. The lowest BCUT2D eigenvalue weighted by molar-refractivity contribution is -0.189. The third-order valence-corrected chi connectivity index (χ3v) is 7.21. The second-order valence-corrected chi connectivity index (χ2v) is 10.4. The highest BCUT2D eigenvalue weighted by atomic mass is 16.5. The van der Waals surface area contributed by atoms with Crippen LogP contribution in [0.5, 0.6) is 0 Å². The maximum absolute atomic E-state index is 13.8. The normalized spacial score (nSPS) is 18.6. The Bertz CT molecular complexity index is 1130. The average Bonchev–Trinajstić information content (AvgIpc) is 3.00. The molecule has 0 spiro atoms. The van der Waals surface area contributed by atoms with Crippen molar-refractivity contribution >= 4 is 23.9 Å². The number of terminal acetylenes is 1. The minimum absolute atomic E-state index is 0.0511. The molecule has 3 rings (SSSR count). The third-order valence-electron chi connectivity index (χ3n) is 7.21. The van der Waals surface area contributed by atoms with E-state index >= 15 is 0 Å². The number of amides is 5. The van der Waals surface area contributed by atoms with E-state index in [1.807, 2.05) is 30.3 Å². The summed E-state index contributed by atoms with van der Waals surface area (Å²) in [5, 5.41) is 8.64. The Balaban J connectivity index is 1.79. The Labute approximate surface area is 254 Å². The summed E-state index contributed by atoms with van der Waals surface area (Å²) in [5.41, 5.74) is 0.921. The summed E-state index contributed by atoms with van der Waals surface area (Å²) >= 11 is 0. The number of benzene rings is 1. The van der Waals surface area contributed by atoms with Crippen molar-refractivity contribution in [1.82, 2.24) is 30.5 Å². The van der Waals surface area contributed by atoms with Crippen LogP contribution in [0.15, 0.2) is 43.0 Å². The molecule has 1 aromatic rings. The van der Waals surface area contributed by atoms with Gasteiger partial charge in [-0.05, 0) is 31.2 Å². The molecule has 0 radical (unpaired) electrons. The molecule has 0 bridgehead atoms. The Kier molecular flexibility index (Phi) is 13.8. The molecule has 2 saturated heterocycles. The first-order valence-corrected chi connectivity index (χ1v) is 14.9. The predicted octanol–water partition coefficient (Wildman–Crippen LogP) is 2.33. The van der Waals surface area contributed by atoms with E-state index in [1.165, 1.54) is 16.0 Å². The number of carbonyl (C=O) groups is 4. The first-order chi connectivity index (χ1) is 20.9. The van der Waals surface area contributed by atoms with Gasteiger partial charge in [0.2, 0.25) is 11.8 Å². The molecular weight excluding hydrogens is 552 g/mol. The fourth-order valence-electron chi connectivity index (χ4n) is 5.15. The van der Waals surface area contributed by atoms with E-state index in [0.717, 1.165) is 18.4 Å². The van der Waals surface area contributed by atoms with Gasteiger partial charge in [0, 0.05) is 32.8 Å². The van der Waals surface area contributed by atoms with Crippen molar-refractivity contribution in [2.45, 2.75) is 57.8 Å². The van der Waals surface area contributed by atoms with Gasteiger partial charge >= 0.3 is 12.1 Å². The van der Waals surface area contributed by atoms with Gasteiger partial charge in [-0.15, -0.1) is 6.42 Å². The standard InChI is InChI=1S/C31H44N6O6/c1-4-7-20-42-21-12-18-34-23-27-36(26(29(34)39)15-11-16-32-31(41)43-19-6-3)28(38)24-35(17-5-2)37(27)30(40)33-22-25-13-9-8-10-14-25/h2,6,8-10,13-14,26-27H,3-4,7,11-12,15-24H2,1H3,(H,32,41)(H,33,40)/t26-,27-/m0/s1. The number of piperazine rings is 1. The molecule has 0 unspecified atom stereocenters. The number of nitrogens with zero attached hydrogens (tertiary/aromatic N) is 4. The maximum Gasteiger partial charge on any atom is 0.407 e. The van der Waals surface area contributed by atoms with E-state index in [0.29, 0.717) is 39.0 Å². The summed E-state index contributed by atoms with van der Waals surface area (Å²) in [4.78, 5) is 56.0. The van der Waals surface area contributed by atoms with Gasteiger partial charge in [-0.25, -0.2) is 14.6 Å². The van der Waals surface area contributed by atoms with Crippen LogP contribution in [0.1, 0.15) is 44.6 Å². The summed E-state index contributed by atoms with van der Waals surface area (Å²) in [6.07, 6.45) is 9.09. The van der Waals surface area contributed by atoms with E-state index < -0.39 is 24.3 Å². The molecule has 2 fully saturated rings. The largest absolute Gasteiger partial charge is 0.445 e. The topological polar surface area (TPSA) is 124 Å². The third kappa shape index (κ3) is 9.73. The lowest BCUT2D eigenvalue weighted by atomic mass is 10.0. The highest BCUT2D eigenvalue weighted by Gasteiger charge is 2.50. The van der Waals surface area contributed by atoms with Crippen LogP contribution in [-0.2, 0) is 25.6 Å². The number of fused-ring (bicyclic) bond motifs is 1. The van der Waals surface area contributed by atoms with Gasteiger partial charge in [-0.2, -0.15) is 5.01 Å². The van der Waals surface area contributed by atoms with Gasteiger partial charge < -0.3 is 29.9 Å². The van der Waals surface area contributed by atoms with Crippen LogP contribution in [0.4, 0.5) is 9.59 Å². The Morgan fingerprint density at radius 3 is 2.63 bits per heavy atom. The number of alkyl carbamates (subject to hydrolysis) is 1. The second kappa shape index (κ2) is 17.8. The number of unbranched alkanes of at least 4 members (excludes halogenated alkanes) is 1. The number of nitrogens with one attached hydrogen (secondary N) is 2. The van der Waals surface area contributed by atoms with Crippen LogP contribution < -0.4 is 10.6 Å². The van der Waals surface area contributed by atoms with Gasteiger partial charge in [0.05, 0.1) is 19.6 Å². The lowest BCUT2D eigenvalue weighted by Gasteiger charge is -2.55. The SMILES string of the molecule is C#CCN1CC(=O)N2[C@@H](CCCNC(=O)OCC=C)C(=O)N(CCCOCCCC)C[C@@H]2N1C(=O)NCc1ccccc1. The number of hydrazine groups is 1. The van der Waals surface area contributed by atoms with Crippen molar-refractivity contribution in [2.75, 3.05) is 52.5 Å². The number of urea groups is 1. The monoisotopic (exact) mass is 596 g/mol. The fraction of sp³-hybridized carbons (Fsp3) is 0.548. The van der Waals surface area contributed by atoms with Crippen LogP contribution in [0.3, 0.4) is 0 Å². The molecule has 12 nitrogen and oxygen atoms in total. The van der Waals surface area contributed by atoms with E-state index in [-0.39, 0.29) is 51.1 Å². The van der Waals surface area contributed by atoms with Crippen molar-refractivity contribution in [3.05, 3.63) is 48.6 Å². The minimum Gasteiger partial charge on any atom is -0.445 e. The van der Waals surface area contributed by atoms with Gasteiger partial charge in [0.15, 0.2) is 0 Å². The quantitative estimate of drug-likeness (QED) is 0.171. The zero-order valence-electron chi connectivity index (χ0n) is 25.0. The van der Waals surface area contributed by atoms with Gasteiger partial charge in [0.25, 0.3) is 0 Å². The number of hydrogen-bond acceptors (Lipinski definition) is 7. The highest BCUT2D eigenvalue weighted by Crippen LogP contribution is 2.28. The van der Waals surface area contributed by atoms with Crippen molar-refractivity contribution in [1.29, 1.82) is 0 Å². The zero-order chi connectivity index (χ0) is 31.0. The zero-order valence-corrected chi connectivity index (χ0v) is 25.0. The van der Waals surface area contributed by atoms with Crippen molar-refractivity contribution in [3.63, 3.8) is 0 Å². The molecule has 0 saturated carbocycles. The maximum atomic E-state index is 13.8. The molecule has 12 heteroatoms. The summed E-state index contributed by atoms with van der Waals surface area (Å²) in [6.45, 7) is 7.87. The molecule has 43 heavy (non-hydrogen) atoms. The van der Waals surface area contributed by atoms with Crippen molar-refractivity contribution < 1.29 is 28.7 Å². The van der Waals surface area contributed by atoms with Crippen LogP contribution in [0.2, 0.25) is 0 Å².